The molecule has 0 aromatic heterocycles. The largest absolute Gasteiger partial charge is 0.454 e. The first-order valence-corrected chi connectivity index (χ1v) is 8.55. The van der Waals surface area contributed by atoms with Crippen molar-refractivity contribution in [1.29, 1.82) is 0 Å². The highest BCUT2D eigenvalue weighted by molar-refractivity contribution is 5.89. The summed E-state index contributed by atoms with van der Waals surface area (Å²) in [5, 5.41) is 12.2. The fourth-order valence-electron chi connectivity index (χ4n) is 3.08. The molecule has 2 N–H and O–H groups in total. The van der Waals surface area contributed by atoms with Gasteiger partial charge in [0.25, 0.3) is 0 Å². The van der Waals surface area contributed by atoms with Crippen LogP contribution < -0.4 is 14.8 Å². The van der Waals surface area contributed by atoms with E-state index < -0.39 is 0 Å². The molecule has 7 heteroatoms. The molecule has 0 saturated carbocycles. The van der Waals surface area contributed by atoms with Crippen molar-refractivity contribution in [2.75, 3.05) is 19.9 Å². The van der Waals surface area contributed by atoms with Gasteiger partial charge in [-0.3, -0.25) is 9.59 Å². The molecule has 1 aromatic rings. The summed E-state index contributed by atoms with van der Waals surface area (Å²) in [5.41, 5.74) is 0.939. The van der Waals surface area contributed by atoms with E-state index in [0.29, 0.717) is 24.6 Å². The maximum atomic E-state index is 12.4. The number of nitrogens with one attached hydrogen (secondary N) is 1. The maximum Gasteiger partial charge on any atom is 0.231 e. The predicted molar refractivity (Wildman–Crippen MR) is 89.9 cm³/mol. The molecule has 1 fully saturated rings. The lowest BCUT2D eigenvalue weighted by Gasteiger charge is -2.22. The summed E-state index contributed by atoms with van der Waals surface area (Å²) in [7, 11) is 0. The summed E-state index contributed by atoms with van der Waals surface area (Å²) in [6, 6.07) is 5.31. The Morgan fingerprint density at radius 2 is 2.12 bits per heavy atom. The smallest absolute Gasteiger partial charge is 0.231 e. The molecule has 25 heavy (non-hydrogen) atoms. The SMILES string of the molecule is CC(C)[C@@H](CO)NC(=O)[C@@H]1CC(=O)N(Cc2ccc3c(c2)OCO3)C1. The molecule has 3 rings (SSSR count). The van der Waals surface area contributed by atoms with Crippen LogP contribution in [0.5, 0.6) is 11.5 Å². The van der Waals surface area contributed by atoms with Gasteiger partial charge < -0.3 is 24.8 Å². The van der Waals surface area contributed by atoms with E-state index in [1.54, 1.807) is 4.90 Å². The van der Waals surface area contributed by atoms with Crippen LogP contribution in [0.15, 0.2) is 18.2 Å². The summed E-state index contributed by atoms with van der Waals surface area (Å²) >= 11 is 0. The Balaban J connectivity index is 1.59. The zero-order valence-electron chi connectivity index (χ0n) is 14.5. The number of rotatable bonds is 6. The van der Waals surface area contributed by atoms with Crippen molar-refractivity contribution in [3.8, 4) is 11.5 Å². The Hall–Kier alpha value is -2.28. The quantitative estimate of drug-likeness (QED) is 0.797. The molecule has 0 radical (unpaired) electrons. The monoisotopic (exact) mass is 348 g/mol. The summed E-state index contributed by atoms with van der Waals surface area (Å²) in [4.78, 5) is 26.3. The van der Waals surface area contributed by atoms with Gasteiger partial charge in [0.2, 0.25) is 18.6 Å². The average Bonchev–Trinajstić information content (AvgIpc) is 3.18. The van der Waals surface area contributed by atoms with Gasteiger partial charge in [-0.05, 0) is 23.6 Å². The number of benzene rings is 1. The van der Waals surface area contributed by atoms with Crippen molar-refractivity contribution in [2.45, 2.75) is 32.9 Å². The summed E-state index contributed by atoms with van der Waals surface area (Å²) in [5.74, 6) is 0.931. The number of ether oxygens (including phenoxy) is 2. The van der Waals surface area contributed by atoms with Crippen LogP contribution >= 0.6 is 0 Å². The zero-order valence-corrected chi connectivity index (χ0v) is 14.5. The molecule has 0 bridgehead atoms. The van der Waals surface area contributed by atoms with Crippen molar-refractivity contribution in [3.63, 3.8) is 0 Å². The highest BCUT2D eigenvalue weighted by Gasteiger charge is 2.35. The normalized spacial score (nSPS) is 20.2. The number of amides is 2. The number of aliphatic hydroxyl groups is 1. The lowest BCUT2D eigenvalue weighted by Crippen LogP contribution is -2.44. The molecule has 0 aliphatic carbocycles. The lowest BCUT2D eigenvalue weighted by molar-refractivity contribution is -0.129. The molecule has 1 saturated heterocycles. The van der Waals surface area contributed by atoms with Crippen LogP contribution in [-0.4, -0.2) is 47.8 Å². The minimum absolute atomic E-state index is 0.0390. The standard InChI is InChI=1S/C18H24N2O5/c1-11(2)14(9-21)19-18(23)13-6-17(22)20(8-13)7-12-3-4-15-16(5-12)25-10-24-15/h3-5,11,13-14,21H,6-10H2,1-2H3,(H,19,23)/t13-,14-/m1/s1. The fraction of sp³-hybridized carbons (Fsp3) is 0.556. The molecular weight excluding hydrogens is 324 g/mol. The molecule has 0 spiro atoms. The van der Waals surface area contributed by atoms with E-state index in [-0.39, 0.29) is 49.5 Å². The highest BCUT2D eigenvalue weighted by Crippen LogP contribution is 2.33. The second-order valence-electron chi connectivity index (χ2n) is 6.90. The molecule has 136 valence electrons. The second kappa shape index (κ2) is 7.31. The number of aliphatic hydroxyl groups excluding tert-OH is 1. The highest BCUT2D eigenvalue weighted by atomic mass is 16.7. The van der Waals surface area contributed by atoms with Crippen molar-refractivity contribution in [2.24, 2.45) is 11.8 Å². The number of carbonyl (C=O) groups excluding carboxylic acids is 2. The second-order valence-corrected chi connectivity index (χ2v) is 6.90. The topological polar surface area (TPSA) is 88.1 Å². The minimum atomic E-state index is -0.380. The molecule has 2 atom stereocenters. The molecule has 2 heterocycles. The average molecular weight is 348 g/mol. The number of hydrogen-bond acceptors (Lipinski definition) is 5. The van der Waals surface area contributed by atoms with Crippen LogP contribution in [0.1, 0.15) is 25.8 Å². The fourth-order valence-corrected chi connectivity index (χ4v) is 3.08. The molecule has 1 aromatic carbocycles. The number of fused-ring (bicyclic) bond motifs is 1. The van der Waals surface area contributed by atoms with E-state index in [4.69, 9.17) is 9.47 Å². The van der Waals surface area contributed by atoms with Crippen LogP contribution in [0.4, 0.5) is 0 Å². The predicted octanol–water partition coefficient (Wildman–Crippen LogP) is 0.897. The lowest BCUT2D eigenvalue weighted by atomic mass is 10.0. The van der Waals surface area contributed by atoms with Crippen molar-refractivity contribution < 1.29 is 24.2 Å². The van der Waals surface area contributed by atoms with Crippen LogP contribution in [0.2, 0.25) is 0 Å². The van der Waals surface area contributed by atoms with Gasteiger partial charge in [0, 0.05) is 19.5 Å². The van der Waals surface area contributed by atoms with Crippen molar-refractivity contribution in [3.05, 3.63) is 23.8 Å². The third kappa shape index (κ3) is 3.87. The Bertz CT molecular complexity index is 661. The summed E-state index contributed by atoms with van der Waals surface area (Å²) < 4.78 is 10.6. The number of likely N-dealkylation sites (tertiary alicyclic amines) is 1. The number of nitrogens with zero attached hydrogens (tertiary/aromatic N) is 1. The third-order valence-corrected chi connectivity index (χ3v) is 4.72. The van der Waals surface area contributed by atoms with E-state index in [0.717, 1.165) is 5.56 Å². The van der Waals surface area contributed by atoms with Crippen LogP contribution in [0.3, 0.4) is 0 Å². The zero-order chi connectivity index (χ0) is 18.0. The van der Waals surface area contributed by atoms with E-state index in [1.807, 2.05) is 32.0 Å². The Morgan fingerprint density at radius 1 is 1.36 bits per heavy atom. The number of carbonyl (C=O) groups is 2. The molecule has 2 aliphatic rings. The van der Waals surface area contributed by atoms with Gasteiger partial charge in [-0.25, -0.2) is 0 Å². The van der Waals surface area contributed by atoms with E-state index in [9.17, 15) is 14.7 Å². The summed E-state index contributed by atoms with van der Waals surface area (Å²) in [6.45, 7) is 4.80. The Labute approximate surface area is 146 Å². The first-order chi connectivity index (χ1) is 12.0. The molecule has 2 amide bonds. The van der Waals surface area contributed by atoms with Gasteiger partial charge in [0.1, 0.15) is 0 Å². The molecule has 0 unspecified atom stereocenters. The van der Waals surface area contributed by atoms with Crippen LogP contribution in [0, 0.1) is 11.8 Å². The third-order valence-electron chi connectivity index (χ3n) is 4.72. The van der Waals surface area contributed by atoms with Gasteiger partial charge in [-0.2, -0.15) is 0 Å². The molecule has 2 aliphatic heterocycles. The van der Waals surface area contributed by atoms with E-state index in [2.05, 4.69) is 5.32 Å². The number of hydrogen-bond donors (Lipinski definition) is 2. The van der Waals surface area contributed by atoms with Gasteiger partial charge in [-0.1, -0.05) is 19.9 Å². The summed E-state index contributed by atoms with van der Waals surface area (Å²) in [6.07, 6.45) is 0.201. The molecule has 7 nitrogen and oxygen atoms in total. The van der Waals surface area contributed by atoms with E-state index in [1.165, 1.54) is 0 Å². The van der Waals surface area contributed by atoms with E-state index >= 15 is 0 Å². The van der Waals surface area contributed by atoms with Gasteiger partial charge in [-0.15, -0.1) is 0 Å². The van der Waals surface area contributed by atoms with Gasteiger partial charge in [0.05, 0.1) is 18.6 Å². The minimum Gasteiger partial charge on any atom is -0.454 e. The van der Waals surface area contributed by atoms with Gasteiger partial charge in [0.15, 0.2) is 11.5 Å². The van der Waals surface area contributed by atoms with Crippen molar-refractivity contribution >= 4 is 11.8 Å². The molecular formula is C18H24N2O5. The Kier molecular flexibility index (Phi) is 5.13. The maximum absolute atomic E-state index is 12.4. The first-order valence-electron chi connectivity index (χ1n) is 8.55. The van der Waals surface area contributed by atoms with Crippen LogP contribution in [-0.2, 0) is 16.1 Å². The van der Waals surface area contributed by atoms with Crippen molar-refractivity contribution in [1.82, 2.24) is 10.2 Å². The Morgan fingerprint density at radius 3 is 2.84 bits per heavy atom. The first kappa shape index (κ1) is 17.5. The van der Waals surface area contributed by atoms with Gasteiger partial charge >= 0.3 is 0 Å². The van der Waals surface area contributed by atoms with Crippen LogP contribution in [0.25, 0.3) is 0 Å².